The molecule has 1 atom stereocenters. The third-order valence-corrected chi connectivity index (χ3v) is 4.41. The minimum atomic E-state index is 0.0799. The molecule has 0 unspecified atom stereocenters. The van der Waals surface area contributed by atoms with Gasteiger partial charge in [-0.25, -0.2) is 0 Å². The predicted molar refractivity (Wildman–Crippen MR) is 98.4 cm³/mol. The first-order valence-electron chi connectivity index (χ1n) is 8.53. The summed E-state index contributed by atoms with van der Waals surface area (Å²) in [6.45, 7) is 6.21. The number of hydrogen-bond donors (Lipinski definition) is 1. The monoisotopic (exact) mass is 325 g/mol. The Kier molecular flexibility index (Phi) is 6.42. The number of methoxy groups -OCH3 is 1. The number of carbonyl (C=O) groups is 1. The number of hydrogen-bond acceptors (Lipinski definition) is 2. The molecule has 0 aromatic heterocycles. The van der Waals surface area contributed by atoms with Gasteiger partial charge < -0.3 is 10.1 Å². The lowest BCUT2D eigenvalue weighted by Crippen LogP contribution is -2.28. The van der Waals surface area contributed by atoms with E-state index in [-0.39, 0.29) is 11.9 Å². The molecule has 0 fully saturated rings. The minimum absolute atomic E-state index is 0.0799. The highest BCUT2D eigenvalue weighted by atomic mass is 16.5. The van der Waals surface area contributed by atoms with Gasteiger partial charge in [0.15, 0.2) is 0 Å². The minimum Gasteiger partial charge on any atom is -0.496 e. The van der Waals surface area contributed by atoms with Crippen LogP contribution in [-0.4, -0.2) is 13.0 Å². The van der Waals surface area contributed by atoms with Gasteiger partial charge in [0, 0.05) is 6.42 Å². The molecule has 0 aliphatic heterocycles. The van der Waals surface area contributed by atoms with Gasteiger partial charge in [0.05, 0.1) is 13.2 Å². The molecule has 0 radical (unpaired) electrons. The summed E-state index contributed by atoms with van der Waals surface area (Å²) < 4.78 is 5.27. The van der Waals surface area contributed by atoms with Crippen LogP contribution in [0.3, 0.4) is 0 Å². The van der Waals surface area contributed by atoms with E-state index in [1.165, 1.54) is 11.1 Å². The van der Waals surface area contributed by atoms with E-state index in [4.69, 9.17) is 4.74 Å². The van der Waals surface area contributed by atoms with Crippen LogP contribution in [0, 0.1) is 13.8 Å². The molecule has 24 heavy (non-hydrogen) atoms. The number of carbonyl (C=O) groups excluding carboxylic acids is 1. The van der Waals surface area contributed by atoms with Crippen molar-refractivity contribution in [2.75, 3.05) is 7.11 Å². The molecule has 3 nitrogen and oxygen atoms in total. The third-order valence-electron chi connectivity index (χ3n) is 4.41. The van der Waals surface area contributed by atoms with Crippen molar-refractivity contribution < 1.29 is 9.53 Å². The summed E-state index contributed by atoms with van der Waals surface area (Å²) in [4.78, 5) is 12.3. The summed E-state index contributed by atoms with van der Waals surface area (Å²) in [7, 11) is 1.67. The Hall–Kier alpha value is -2.29. The molecule has 2 aromatic carbocycles. The molecule has 2 rings (SSSR count). The fourth-order valence-corrected chi connectivity index (χ4v) is 3.00. The van der Waals surface area contributed by atoms with E-state index in [0.717, 1.165) is 29.7 Å². The Balaban J connectivity index is 1.95. The van der Waals surface area contributed by atoms with E-state index in [2.05, 4.69) is 37.4 Å². The van der Waals surface area contributed by atoms with Crippen LogP contribution >= 0.6 is 0 Å². The number of nitrogens with one attached hydrogen (secondary N) is 1. The van der Waals surface area contributed by atoms with Gasteiger partial charge in [-0.3, -0.25) is 4.79 Å². The van der Waals surface area contributed by atoms with Crippen molar-refractivity contribution >= 4 is 5.91 Å². The standard InChI is InChI=1S/C21H27NO2/c1-5-19(18-9-7-6-8-15(18)2)22-21(23)13-11-17-10-12-20(24-4)16(3)14-17/h6-10,12,14,19H,5,11,13H2,1-4H3,(H,22,23)/t19-/m1/s1. The number of rotatable bonds is 7. The van der Waals surface area contributed by atoms with Crippen LogP contribution in [0.4, 0.5) is 0 Å². The van der Waals surface area contributed by atoms with Crippen molar-refractivity contribution in [2.45, 2.75) is 46.1 Å². The van der Waals surface area contributed by atoms with E-state index in [9.17, 15) is 4.79 Å². The van der Waals surface area contributed by atoms with Gasteiger partial charge in [0.25, 0.3) is 0 Å². The van der Waals surface area contributed by atoms with E-state index in [0.29, 0.717) is 6.42 Å². The molecular formula is C21H27NO2. The van der Waals surface area contributed by atoms with Gasteiger partial charge in [-0.15, -0.1) is 0 Å². The van der Waals surface area contributed by atoms with Gasteiger partial charge in [-0.1, -0.05) is 43.3 Å². The van der Waals surface area contributed by atoms with Crippen LogP contribution in [-0.2, 0) is 11.2 Å². The van der Waals surface area contributed by atoms with E-state index < -0.39 is 0 Å². The van der Waals surface area contributed by atoms with Crippen LogP contribution in [0.25, 0.3) is 0 Å². The van der Waals surface area contributed by atoms with Gasteiger partial charge in [-0.05, 0) is 55.0 Å². The topological polar surface area (TPSA) is 38.3 Å². The van der Waals surface area contributed by atoms with Gasteiger partial charge in [0.2, 0.25) is 5.91 Å². The van der Waals surface area contributed by atoms with E-state index in [1.54, 1.807) is 7.11 Å². The fraction of sp³-hybridized carbons (Fsp3) is 0.381. The Bertz CT molecular complexity index is 694. The molecule has 0 heterocycles. The molecular weight excluding hydrogens is 298 g/mol. The largest absolute Gasteiger partial charge is 0.496 e. The lowest BCUT2D eigenvalue weighted by molar-refractivity contribution is -0.121. The lowest BCUT2D eigenvalue weighted by Gasteiger charge is -2.19. The fourth-order valence-electron chi connectivity index (χ4n) is 3.00. The molecule has 1 N–H and O–H groups in total. The van der Waals surface area contributed by atoms with Gasteiger partial charge >= 0.3 is 0 Å². The highest BCUT2D eigenvalue weighted by molar-refractivity contribution is 5.76. The maximum Gasteiger partial charge on any atom is 0.220 e. The highest BCUT2D eigenvalue weighted by Gasteiger charge is 2.14. The van der Waals surface area contributed by atoms with Crippen molar-refractivity contribution in [3.8, 4) is 5.75 Å². The Morgan fingerprint density at radius 2 is 1.88 bits per heavy atom. The molecule has 0 saturated heterocycles. The maximum atomic E-state index is 12.3. The molecule has 0 saturated carbocycles. The summed E-state index contributed by atoms with van der Waals surface area (Å²) in [5.74, 6) is 0.979. The average molecular weight is 325 g/mol. The van der Waals surface area contributed by atoms with E-state index in [1.807, 2.05) is 31.2 Å². The molecule has 128 valence electrons. The maximum absolute atomic E-state index is 12.3. The summed E-state index contributed by atoms with van der Waals surface area (Å²) in [5, 5.41) is 3.17. The zero-order chi connectivity index (χ0) is 17.5. The van der Waals surface area contributed by atoms with Crippen molar-refractivity contribution in [1.82, 2.24) is 5.32 Å². The van der Waals surface area contributed by atoms with Crippen LogP contribution in [0.1, 0.15) is 48.1 Å². The number of amides is 1. The smallest absolute Gasteiger partial charge is 0.220 e. The molecule has 0 bridgehead atoms. The quantitative estimate of drug-likeness (QED) is 0.813. The SMILES string of the molecule is CC[C@@H](NC(=O)CCc1ccc(OC)c(C)c1)c1ccccc1C. The highest BCUT2D eigenvalue weighted by Crippen LogP contribution is 2.21. The second-order valence-electron chi connectivity index (χ2n) is 6.19. The molecule has 1 amide bonds. The summed E-state index contributed by atoms with van der Waals surface area (Å²) in [6.07, 6.45) is 2.12. The summed E-state index contributed by atoms with van der Waals surface area (Å²) in [5.41, 5.74) is 4.68. The third kappa shape index (κ3) is 4.60. The lowest BCUT2D eigenvalue weighted by atomic mass is 9.99. The van der Waals surface area contributed by atoms with Crippen molar-refractivity contribution in [3.05, 3.63) is 64.7 Å². The zero-order valence-corrected chi connectivity index (χ0v) is 15.1. The van der Waals surface area contributed by atoms with Gasteiger partial charge in [0.1, 0.15) is 5.75 Å². The first-order valence-corrected chi connectivity index (χ1v) is 8.53. The Labute approximate surface area is 145 Å². The normalized spacial score (nSPS) is 11.8. The van der Waals surface area contributed by atoms with Crippen molar-refractivity contribution in [3.63, 3.8) is 0 Å². The number of aryl methyl sites for hydroxylation is 3. The zero-order valence-electron chi connectivity index (χ0n) is 15.1. The first kappa shape index (κ1) is 18.1. The summed E-state index contributed by atoms with van der Waals surface area (Å²) >= 11 is 0. The predicted octanol–water partition coefficient (Wildman–Crippen LogP) is 4.51. The molecule has 0 aliphatic rings. The van der Waals surface area contributed by atoms with Crippen LogP contribution in [0.15, 0.2) is 42.5 Å². The molecule has 0 aliphatic carbocycles. The number of benzene rings is 2. The van der Waals surface area contributed by atoms with Crippen LogP contribution < -0.4 is 10.1 Å². The first-order chi connectivity index (χ1) is 11.5. The van der Waals surface area contributed by atoms with Crippen LogP contribution in [0.5, 0.6) is 5.75 Å². The van der Waals surface area contributed by atoms with Gasteiger partial charge in [-0.2, -0.15) is 0 Å². The number of ether oxygens (including phenoxy) is 1. The molecule has 3 heteroatoms. The van der Waals surface area contributed by atoms with Crippen molar-refractivity contribution in [2.24, 2.45) is 0 Å². The Morgan fingerprint density at radius 3 is 2.50 bits per heavy atom. The Morgan fingerprint density at radius 1 is 1.12 bits per heavy atom. The van der Waals surface area contributed by atoms with E-state index >= 15 is 0 Å². The molecule has 2 aromatic rings. The second kappa shape index (κ2) is 8.53. The van der Waals surface area contributed by atoms with Crippen molar-refractivity contribution in [1.29, 1.82) is 0 Å². The summed E-state index contributed by atoms with van der Waals surface area (Å²) in [6, 6.07) is 14.4. The average Bonchev–Trinajstić information content (AvgIpc) is 2.58. The molecule has 0 spiro atoms. The van der Waals surface area contributed by atoms with Crippen LogP contribution in [0.2, 0.25) is 0 Å². The second-order valence-corrected chi connectivity index (χ2v) is 6.19.